The van der Waals surface area contributed by atoms with Gasteiger partial charge in [-0.3, -0.25) is 0 Å². The number of rotatable bonds is 5. The lowest BCUT2D eigenvalue weighted by Crippen LogP contribution is -2.31. The van der Waals surface area contributed by atoms with Gasteiger partial charge in [-0.1, -0.05) is 84.6 Å². The molecule has 0 atom stereocenters. The zero-order chi connectivity index (χ0) is 21.4. The van der Waals surface area contributed by atoms with Crippen LogP contribution in [0.3, 0.4) is 0 Å². The van der Waals surface area contributed by atoms with E-state index in [9.17, 15) is 0 Å². The average Bonchev–Trinajstić information content (AvgIpc) is 3.12. The van der Waals surface area contributed by atoms with Gasteiger partial charge in [0.25, 0.3) is 0 Å². The predicted molar refractivity (Wildman–Crippen MR) is 127 cm³/mol. The van der Waals surface area contributed by atoms with Crippen molar-refractivity contribution in [3.63, 3.8) is 0 Å². The van der Waals surface area contributed by atoms with Crippen LogP contribution in [0.5, 0.6) is 0 Å². The molecule has 4 aromatic rings. The largest absolute Gasteiger partial charge is 0.442 e. The van der Waals surface area contributed by atoms with Gasteiger partial charge in [0.05, 0.1) is 24.1 Å². The van der Waals surface area contributed by atoms with Crippen molar-refractivity contribution in [1.29, 1.82) is 0 Å². The van der Waals surface area contributed by atoms with Crippen LogP contribution in [0.1, 0.15) is 36.3 Å². The summed E-state index contributed by atoms with van der Waals surface area (Å²) < 4.78 is 15.2. The van der Waals surface area contributed by atoms with Crippen LogP contribution in [-0.2, 0) is 30.1 Å². The van der Waals surface area contributed by atoms with Crippen molar-refractivity contribution in [2.45, 2.75) is 49.9 Å². The first-order valence-electron chi connectivity index (χ1n) is 10.4. The summed E-state index contributed by atoms with van der Waals surface area (Å²) in [6, 6.07) is 20.8. The highest BCUT2D eigenvalue weighted by atomic mass is 32.2. The third-order valence-corrected chi connectivity index (χ3v) is 7.02. The van der Waals surface area contributed by atoms with E-state index in [0.29, 0.717) is 18.9 Å². The number of ether oxygens (including phenoxy) is 1. The molecule has 2 aromatic carbocycles. The van der Waals surface area contributed by atoms with Crippen LogP contribution in [0.4, 0.5) is 0 Å². The fourth-order valence-corrected chi connectivity index (χ4v) is 5.27. The normalized spacial score (nSPS) is 15.2. The van der Waals surface area contributed by atoms with Crippen LogP contribution < -0.4 is 0 Å². The number of benzene rings is 2. The molecule has 2 aromatic heterocycles. The lowest BCUT2D eigenvalue weighted by Gasteiger charge is -2.28. The van der Waals surface area contributed by atoms with Crippen molar-refractivity contribution >= 4 is 35.1 Å². The smallest absolute Gasteiger partial charge is 0.232 e. The van der Waals surface area contributed by atoms with E-state index in [1.165, 1.54) is 11.1 Å². The molecule has 0 N–H and O–H groups in total. The minimum atomic E-state index is -0.243. The van der Waals surface area contributed by atoms with E-state index in [0.717, 1.165) is 38.7 Å². The van der Waals surface area contributed by atoms with Crippen LogP contribution in [0.15, 0.2) is 70.2 Å². The van der Waals surface area contributed by atoms with Gasteiger partial charge in [-0.25, -0.2) is 0 Å². The molecule has 0 fully saturated rings. The Morgan fingerprint density at radius 2 is 1.71 bits per heavy atom. The maximum absolute atomic E-state index is 6.22. The highest BCUT2D eigenvalue weighted by Gasteiger charge is 2.32. The summed E-state index contributed by atoms with van der Waals surface area (Å²) in [6.07, 6.45) is 0.721. The van der Waals surface area contributed by atoms with E-state index in [2.05, 4.69) is 66.9 Å². The molecule has 1 aliphatic heterocycles. The maximum Gasteiger partial charge on any atom is 0.232 e. The van der Waals surface area contributed by atoms with E-state index in [1.807, 2.05) is 12.1 Å². The Morgan fingerprint density at radius 1 is 1.03 bits per heavy atom. The van der Waals surface area contributed by atoms with Gasteiger partial charge in [-0.15, -0.1) is 0 Å². The molecule has 5 rings (SSSR count). The first kappa shape index (κ1) is 20.5. The molecule has 0 unspecified atom stereocenters. The van der Waals surface area contributed by atoms with Crippen molar-refractivity contribution < 1.29 is 9.15 Å². The summed E-state index contributed by atoms with van der Waals surface area (Å²) in [4.78, 5) is 4.94. The van der Waals surface area contributed by atoms with Gasteiger partial charge in [0.15, 0.2) is 5.16 Å². The highest BCUT2D eigenvalue weighted by molar-refractivity contribution is 7.98. The molecule has 158 valence electrons. The zero-order valence-electron chi connectivity index (χ0n) is 17.6. The third-order valence-electron chi connectivity index (χ3n) is 5.55. The fraction of sp³-hybridized carbons (Fsp3) is 0.280. The summed E-state index contributed by atoms with van der Waals surface area (Å²) in [5.74, 6) is 1.76. The molecular weight excluding hydrogens is 424 g/mol. The molecule has 0 amide bonds. The lowest BCUT2D eigenvalue weighted by atomic mass is 9.97. The Morgan fingerprint density at radius 3 is 2.42 bits per heavy atom. The quantitative estimate of drug-likeness (QED) is 0.197. The van der Waals surface area contributed by atoms with Gasteiger partial charge in [-0.05, 0) is 25.0 Å². The Hall–Kier alpha value is -2.41. The summed E-state index contributed by atoms with van der Waals surface area (Å²) >= 11 is 7.69. The Kier molecular flexibility index (Phi) is 5.46. The van der Waals surface area contributed by atoms with Crippen LogP contribution in [0.2, 0.25) is 0 Å². The highest BCUT2D eigenvalue weighted by Crippen LogP contribution is 2.36. The zero-order valence-corrected chi connectivity index (χ0v) is 19.3. The Bertz CT molecular complexity index is 1280. The number of thioether (sulfide) groups is 1. The van der Waals surface area contributed by atoms with Crippen molar-refractivity contribution in [3.8, 4) is 0 Å². The first-order chi connectivity index (χ1) is 15.0. The summed E-state index contributed by atoms with van der Waals surface area (Å²) in [7, 11) is 0. The molecular formula is C25H24N2O2S2. The van der Waals surface area contributed by atoms with Gasteiger partial charge in [0.1, 0.15) is 10.4 Å². The molecule has 4 nitrogen and oxygen atoms in total. The number of hydrogen-bond donors (Lipinski definition) is 0. The molecule has 0 bridgehead atoms. The minimum Gasteiger partial charge on any atom is -0.442 e. The van der Waals surface area contributed by atoms with E-state index in [4.69, 9.17) is 26.4 Å². The topological polar surface area (TPSA) is 40.2 Å². The molecule has 0 radical (unpaired) electrons. The molecule has 3 heterocycles. The van der Waals surface area contributed by atoms with E-state index >= 15 is 0 Å². The van der Waals surface area contributed by atoms with Gasteiger partial charge in [-0.2, -0.15) is 4.98 Å². The number of aromatic nitrogens is 2. The Balaban J connectivity index is 1.61. The number of nitrogens with zero attached hydrogens (tertiary/aromatic N) is 2. The van der Waals surface area contributed by atoms with Gasteiger partial charge in [0, 0.05) is 17.7 Å². The van der Waals surface area contributed by atoms with Crippen LogP contribution >= 0.6 is 24.0 Å². The van der Waals surface area contributed by atoms with E-state index in [-0.39, 0.29) is 5.60 Å². The van der Waals surface area contributed by atoms with Gasteiger partial charge >= 0.3 is 0 Å². The van der Waals surface area contributed by atoms with Crippen molar-refractivity contribution in [2.75, 3.05) is 0 Å². The average molecular weight is 449 g/mol. The maximum atomic E-state index is 6.22. The molecule has 6 heteroatoms. The molecule has 0 aliphatic carbocycles. The van der Waals surface area contributed by atoms with Gasteiger partial charge in [0.2, 0.25) is 5.71 Å². The van der Waals surface area contributed by atoms with Gasteiger partial charge < -0.3 is 13.7 Å². The molecule has 1 aliphatic rings. The summed E-state index contributed by atoms with van der Waals surface area (Å²) in [5, 5.41) is 1.79. The van der Waals surface area contributed by atoms with Crippen molar-refractivity contribution in [1.82, 2.24) is 9.55 Å². The second-order valence-corrected chi connectivity index (χ2v) is 9.78. The number of furan rings is 1. The third kappa shape index (κ3) is 4.20. The second-order valence-electron chi connectivity index (χ2n) is 8.45. The molecule has 0 saturated heterocycles. The number of fused-ring (bicyclic) bond motifs is 3. The molecule has 0 spiro atoms. The van der Waals surface area contributed by atoms with E-state index in [1.54, 1.807) is 11.8 Å². The number of hydrogen-bond acceptors (Lipinski definition) is 5. The monoisotopic (exact) mass is 448 g/mol. The van der Waals surface area contributed by atoms with Crippen LogP contribution in [0, 0.1) is 4.64 Å². The van der Waals surface area contributed by atoms with Crippen molar-refractivity contribution in [2.24, 2.45) is 0 Å². The predicted octanol–water partition coefficient (Wildman–Crippen LogP) is 6.55. The lowest BCUT2D eigenvalue weighted by molar-refractivity contribution is -0.0441. The molecule has 0 saturated carbocycles. The Labute approximate surface area is 191 Å². The molecule has 31 heavy (non-hydrogen) atoms. The van der Waals surface area contributed by atoms with Crippen LogP contribution in [0.25, 0.3) is 11.1 Å². The standard InChI is InChI=1S/C25H24N2O2S2/c1-25(2)13-20-19(15-28-25)21-22(29-20)26-24(31-16-18-11-7-4-8-12-18)27(23(21)30)14-17-9-5-3-6-10-17/h3-12H,13-16H2,1-2H3. The SMILES string of the molecule is CC1(C)Cc2oc3nc(SCc4ccccc4)n(Cc4ccccc4)c(=S)c3c2CO1. The summed E-state index contributed by atoms with van der Waals surface area (Å²) in [5.41, 5.74) is 3.87. The van der Waals surface area contributed by atoms with Crippen LogP contribution in [-0.4, -0.2) is 15.2 Å². The minimum absolute atomic E-state index is 0.243. The van der Waals surface area contributed by atoms with E-state index < -0.39 is 0 Å². The van der Waals surface area contributed by atoms with Crippen molar-refractivity contribution in [3.05, 3.63) is 87.8 Å². The summed E-state index contributed by atoms with van der Waals surface area (Å²) in [6.45, 7) is 5.35. The first-order valence-corrected chi connectivity index (χ1v) is 11.8. The second kappa shape index (κ2) is 8.26. The fourth-order valence-electron chi connectivity index (χ4n) is 3.90.